The van der Waals surface area contributed by atoms with Crippen LogP contribution < -0.4 is 0 Å². The van der Waals surface area contributed by atoms with Gasteiger partial charge >= 0.3 is 5.97 Å². The maximum absolute atomic E-state index is 11.2. The van der Waals surface area contributed by atoms with Gasteiger partial charge in [-0.05, 0) is 26.0 Å². The summed E-state index contributed by atoms with van der Waals surface area (Å²) in [6.07, 6.45) is 2.49. The van der Waals surface area contributed by atoms with E-state index in [4.69, 9.17) is 9.57 Å². The zero-order valence-electron chi connectivity index (χ0n) is 8.63. The van der Waals surface area contributed by atoms with E-state index in [0.29, 0.717) is 6.61 Å². The molecule has 0 N–H and O–H groups in total. The molecule has 0 saturated heterocycles. The molecule has 0 spiro atoms. The lowest BCUT2D eigenvalue weighted by atomic mass is 10.3. The number of carbonyl (C=O) groups excluding carboxylic acids is 1. The van der Waals surface area contributed by atoms with Crippen molar-refractivity contribution in [1.82, 2.24) is 0 Å². The molecule has 6 heteroatoms. The summed E-state index contributed by atoms with van der Waals surface area (Å²) in [6, 6.07) is 0. The summed E-state index contributed by atoms with van der Waals surface area (Å²) in [7, 11) is 0. The van der Waals surface area contributed by atoms with Crippen molar-refractivity contribution in [3.05, 3.63) is 12.2 Å². The zero-order valence-corrected chi connectivity index (χ0v) is 8.63. The second kappa shape index (κ2) is 6.15. The number of ether oxygens (including phenoxy) is 1. The zero-order chi connectivity index (χ0) is 11.1. The van der Waals surface area contributed by atoms with E-state index in [9.17, 15) is 4.79 Å². The molecule has 0 aromatic rings. The van der Waals surface area contributed by atoms with E-state index in [-0.39, 0.29) is 12.3 Å². The van der Waals surface area contributed by atoms with Gasteiger partial charge in [0.05, 0.1) is 6.61 Å². The summed E-state index contributed by atoms with van der Waals surface area (Å²) in [5.74, 6) is -0.692. The number of rotatable bonds is 5. The fourth-order valence-electron chi connectivity index (χ4n) is 0.855. The van der Waals surface area contributed by atoms with E-state index in [1.165, 1.54) is 6.08 Å². The summed E-state index contributed by atoms with van der Waals surface area (Å²) in [5.41, 5.74) is 0.0411. The summed E-state index contributed by atoms with van der Waals surface area (Å²) in [6.45, 7) is 4.32. The van der Waals surface area contributed by atoms with E-state index in [2.05, 4.69) is 14.9 Å². The third-order valence-electron chi connectivity index (χ3n) is 1.46. The minimum atomic E-state index is -0.692. The molecular formula is C9H13NO5. The lowest BCUT2D eigenvalue weighted by Crippen LogP contribution is -2.23. The van der Waals surface area contributed by atoms with Crippen LogP contribution in [0.1, 0.15) is 13.8 Å². The predicted octanol–water partition coefficient (Wildman–Crippen LogP) is 0.786. The molecule has 6 nitrogen and oxygen atoms in total. The van der Waals surface area contributed by atoms with E-state index < -0.39 is 12.3 Å². The summed E-state index contributed by atoms with van der Waals surface area (Å²) in [4.78, 5) is 24.9. The van der Waals surface area contributed by atoms with Gasteiger partial charge in [-0.2, -0.15) is 4.89 Å². The molecule has 84 valence electrons. The SMILES string of the molecule is CCOOC(=O)C1=NO[C@@H](OCC)C=C1. The number of nitrogens with zero attached hydrogens (tertiary/aromatic N) is 1. The van der Waals surface area contributed by atoms with Crippen molar-refractivity contribution in [1.29, 1.82) is 0 Å². The smallest absolute Gasteiger partial charge is 0.358 e. The normalized spacial score (nSPS) is 19.3. The molecule has 1 heterocycles. The van der Waals surface area contributed by atoms with Crippen LogP contribution in [0.5, 0.6) is 0 Å². The molecule has 0 unspecified atom stereocenters. The quantitative estimate of drug-likeness (QED) is 0.501. The minimum Gasteiger partial charge on any atom is -0.358 e. The van der Waals surface area contributed by atoms with E-state index in [0.717, 1.165) is 0 Å². The Morgan fingerprint density at radius 1 is 1.53 bits per heavy atom. The Kier molecular flexibility index (Phi) is 4.79. The van der Waals surface area contributed by atoms with Crippen LogP contribution in [0, 0.1) is 0 Å². The van der Waals surface area contributed by atoms with E-state index >= 15 is 0 Å². The van der Waals surface area contributed by atoms with Gasteiger partial charge in [-0.3, -0.25) is 4.89 Å². The van der Waals surface area contributed by atoms with E-state index in [1.54, 1.807) is 13.0 Å². The average molecular weight is 215 g/mol. The molecule has 0 bridgehead atoms. The molecule has 0 saturated carbocycles. The number of oxime groups is 1. The molecule has 1 rings (SSSR count). The minimum absolute atomic E-state index is 0.0411. The first kappa shape index (κ1) is 11.7. The van der Waals surface area contributed by atoms with Gasteiger partial charge in [0.1, 0.15) is 0 Å². The second-order valence-corrected chi connectivity index (χ2v) is 2.54. The lowest BCUT2D eigenvalue weighted by molar-refractivity contribution is -0.262. The van der Waals surface area contributed by atoms with Gasteiger partial charge in [-0.25, -0.2) is 4.79 Å². The van der Waals surface area contributed by atoms with Crippen molar-refractivity contribution in [2.45, 2.75) is 20.1 Å². The van der Waals surface area contributed by atoms with Crippen LogP contribution in [0.15, 0.2) is 17.3 Å². The molecule has 0 aromatic carbocycles. The Balaban J connectivity index is 2.40. The fourth-order valence-corrected chi connectivity index (χ4v) is 0.855. The Morgan fingerprint density at radius 2 is 2.33 bits per heavy atom. The maximum Gasteiger partial charge on any atom is 0.394 e. The molecule has 15 heavy (non-hydrogen) atoms. The highest BCUT2D eigenvalue weighted by molar-refractivity contribution is 6.40. The molecule has 0 fully saturated rings. The third-order valence-corrected chi connectivity index (χ3v) is 1.46. The van der Waals surface area contributed by atoms with Crippen molar-refractivity contribution in [3.63, 3.8) is 0 Å². The second-order valence-electron chi connectivity index (χ2n) is 2.54. The van der Waals surface area contributed by atoms with Crippen LogP contribution in [0.2, 0.25) is 0 Å². The molecule has 0 aromatic heterocycles. The van der Waals surface area contributed by atoms with Crippen molar-refractivity contribution in [2.24, 2.45) is 5.16 Å². The molecule has 0 amide bonds. The Morgan fingerprint density at radius 3 is 2.87 bits per heavy atom. The van der Waals surface area contributed by atoms with Gasteiger partial charge in [0, 0.05) is 6.61 Å². The van der Waals surface area contributed by atoms with Crippen LogP contribution in [0.25, 0.3) is 0 Å². The first-order valence-corrected chi connectivity index (χ1v) is 4.65. The van der Waals surface area contributed by atoms with Crippen molar-refractivity contribution in [2.75, 3.05) is 13.2 Å². The molecule has 0 aliphatic carbocycles. The Labute approximate surface area is 87.4 Å². The largest absolute Gasteiger partial charge is 0.394 e. The molecule has 1 aliphatic rings. The molecule has 1 aliphatic heterocycles. The van der Waals surface area contributed by atoms with Crippen LogP contribution >= 0.6 is 0 Å². The molecule has 0 radical (unpaired) electrons. The van der Waals surface area contributed by atoms with Gasteiger partial charge in [0.2, 0.25) is 6.29 Å². The predicted molar refractivity (Wildman–Crippen MR) is 50.8 cm³/mol. The number of hydrogen-bond donors (Lipinski definition) is 0. The summed E-state index contributed by atoms with van der Waals surface area (Å²) in [5, 5.41) is 3.53. The third kappa shape index (κ3) is 3.69. The Hall–Kier alpha value is -1.40. The maximum atomic E-state index is 11.2. The van der Waals surface area contributed by atoms with Crippen LogP contribution in [0.3, 0.4) is 0 Å². The fraction of sp³-hybridized carbons (Fsp3) is 0.556. The van der Waals surface area contributed by atoms with Crippen LogP contribution in [0.4, 0.5) is 0 Å². The monoisotopic (exact) mass is 215 g/mol. The lowest BCUT2D eigenvalue weighted by Gasteiger charge is -2.14. The van der Waals surface area contributed by atoms with Crippen LogP contribution in [-0.4, -0.2) is 31.2 Å². The summed E-state index contributed by atoms with van der Waals surface area (Å²) < 4.78 is 5.09. The number of hydrogen-bond acceptors (Lipinski definition) is 6. The highest BCUT2D eigenvalue weighted by atomic mass is 17.2. The first-order valence-electron chi connectivity index (χ1n) is 4.65. The first-order chi connectivity index (χ1) is 7.27. The topological polar surface area (TPSA) is 66.4 Å². The van der Waals surface area contributed by atoms with Gasteiger partial charge in [0.25, 0.3) is 0 Å². The van der Waals surface area contributed by atoms with E-state index in [1.807, 2.05) is 6.92 Å². The van der Waals surface area contributed by atoms with Crippen LogP contribution in [-0.2, 0) is 24.1 Å². The van der Waals surface area contributed by atoms with Crippen molar-refractivity contribution in [3.8, 4) is 0 Å². The molecular weight excluding hydrogens is 202 g/mol. The van der Waals surface area contributed by atoms with Crippen molar-refractivity contribution < 1.29 is 24.1 Å². The van der Waals surface area contributed by atoms with Gasteiger partial charge in [-0.1, -0.05) is 5.16 Å². The van der Waals surface area contributed by atoms with Gasteiger partial charge in [0.15, 0.2) is 5.71 Å². The molecule has 1 atom stereocenters. The highest BCUT2D eigenvalue weighted by Gasteiger charge is 2.18. The Bertz CT molecular complexity index is 274. The van der Waals surface area contributed by atoms with Gasteiger partial charge < -0.3 is 9.57 Å². The highest BCUT2D eigenvalue weighted by Crippen LogP contribution is 2.05. The van der Waals surface area contributed by atoms with Gasteiger partial charge in [-0.15, -0.1) is 0 Å². The standard InChI is InChI=1S/C9H13NO5/c1-3-12-8-6-5-7(10-14-8)9(11)15-13-4-2/h5-6,8H,3-4H2,1-2H3/t8-/m1/s1. The average Bonchev–Trinajstić information content (AvgIpc) is 2.27. The summed E-state index contributed by atoms with van der Waals surface area (Å²) >= 11 is 0. The van der Waals surface area contributed by atoms with Crippen molar-refractivity contribution >= 4 is 11.7 Å². The number of carbonyl (C=O) groups is 1.